The van der Waals surface area contributed by atoms with E-state index in [2.05, 4.69) is 14.7 Å². The summed E-state index contributed by atoms with van der Waals surface area (Å²) in [4.78, 5) is 15.3. The lowest BCUT2D eigenvalue weighted by Gasteiger charge is -2.23. The van der Waals surface area contributed by atoms with E-state index in [4.69, 9.17) is 25.8 Å². The first-order valence-corrected chi connectivity index (χ1v) is 12.9. The third-order valence-corrected chi connectivity index (χ3v) is 7.46. The number of benzene rings is 2. The number of ether oxygens (including phenoxy) is 3. The molecular weight excluding hydrogens is 535 g/mol. The van der Waals surface area contributed by atoms with Crippen LogP contribution in [0.1, 0.15) is 26.3 Å². The van der Waals surface area contributed by atoms with Crippen LogP contribution in [0.15, 0.2) is 41.6 Å². The minimum absolute atomic E-state index is 0.000602. The van der Waals surface area contributed by atoms with Crippen LogP contribution in [0.25, 0.3) is 0 Å². The number of methoxy groups -OCH3 is 2. The quantitative estimate of drug-likeness (QED) is 0.406. The highest BCUT2D eigenvalue weighted by molar-refractivity contribution is 7.93. The Morgan fingerprint density at radius 1 is 1.19 bits per heavy atom. The van der Waals surface area contributed by atoms with Gasteiger partial charge in [0.2, 0.25) is 5.13 Å². The average molecular weight is 559 g/mol. The Hall–Kier alpha value is -3.16. The number of aromatic nitrogens is 2. The number of nitrogens with one attached hydrogen (secondary N) is 1. The van der Waals surface area contributed by atoms with Gasteiger partial charge in [0.15, 0.2) is 0 Å². The molecule has 10 nitrogen and oxygen atoms in total. The van der Waals surface area contributed by atoms with Gasteiger partial charge in [-0.2, -0.15) is 4.37 Å². The molecule has 3 aromatic rings. The van der Waals surface area contributed by atoms with Gasteiger partial charge in [-0.3, -0.25) is 5.32 Å². The Labute approximate surface area is 217 Å². The molecule has 2 aromatic carbocycles. The molecule has 0 unspecified atom stereocenters. The van der Waals surface area contributed by atoms with Gasteiger partial charge < -0.3 is 14.2 Å². The van der Waals surface area contributed by atoms with E-state index in [9.17, 15) is 13.2 Å². The van der Waals surface area contributed by atoms with Gasteiger partial charge in [-0.15, -0.1) is 0 Å². The van der Waals surface area contributed by atoms with Crippen molar-refractivity contribution in [3.63, 3.8) is 0 Å². The van der Waals surface area contributed by atoms with Crippen molar-refractivity contribution in [1.29, 1.82) is 0 Å². The first kappa shape index (κ1) is 27.4. The largest absolute Gasteiger partial charge is 0.497 e. The van der Waals surface area contributed by atoms with Crippen molar-refractivity contribution in [3.05, 3.63) is 53.1 Å². The van der Waals surface area contributed by atoms with Crippen LogP contribution in [0.3, 0.4) is 0 Å². The zero-order valence-electron chi connectivity index (χ0n) is 20.0. The van der Waals surface area contributed by atoms with E-state index in [1.165, 1.54) is 20.5 Å². The fourth-order valence-electron chi connectivity index (χ4n) is 3.02. The van der Waals surface area contributed by atoms with Crippen LogP contribution in [0.4, 0.5) is 20.0 Å². The van der Waals surface area contributed by atoms with Crippen LogP contribution < -0.4 is 19.1 Å². The molecular formula is C22H24ClFN4O6S2. The number of halogens is 2. The molecule has 1 heterocycles. The number of carbonyl (C=O) groups excluding carboxylic acids is 1. The number of carbonyl (C=O) groups is 1. The molecule has 1 N–H and O–H groups in total. The Morgan fingerprint density at radius 3 is 2.50 bits per heavy atom. The molecule has 0 fully saturated rings. The third kappa shape index (κ3) is 6.33. The number of rotatable bonds is 8. The van der Waals surface area contributed by atoms with Crippen molar-refractivity contribution >= 4 is 50.1 Å². The van der Waals surface area contributed by atoms with Crippen LogP contribution in [0.5, 0.6) is 11.5 Å². The smallest absolute Gasteiger partial charge is 0.412 e. The van der Waals surface area contributed by atoms with E-state index in [0.717, 1.165) is 28.0 Å². The molecule has 194 valence electrons. The predicted molar refractivity (Wildman–Crippen MR) is 134 cm³/mol. The van der Waals surface area contributed by atoms with E-state index in [1.54, 1.807) is 39.0 Å². The SMILES string of the molecule is COc1ccc(CN(c2ncns2)S(=O)(=O)c2cc(Cl)c(NC(=O)OC(C)(C)C)cc2F)c(OC)c1. The van der Waals surface area contributed by atoms with Gasteiger partial charge in [-0.25, -0.2) is 26.9 Å². The molecule has 1 aromatic heterocycles. The summed E-state index contributed by atoms with van der Waals surface area (Å²) in [6, 6.07) is 6.58. The predicted octanol–water partition coefficient (Wildman–Crippen LogP) is 5.09. The summed E-state index contributed by atoms with van der Waals surface area (Å²) in [5.41, 5.74) is -0.489. The standard InChI is InChI=1S/C22H24ClFN4O6S2/c1-22(2,3)34-21(29)27-17-10-16(24)19(9-15(17)23)36(30,31)28(20-25-12-26-35-20)11-13-6-7-14(32-4)8-18(13)33-5/h6-10,12H,11H2,1-5H3,(H,27,29). The number of sulfonamides is 1. The van der Waals surface area contributed by atoms with Gasteiger partial charge in [-0.1, -0.05) is 11.6 Å². The first-order chi connectivity index (χ1) is 16.9. The van der Waals surface area contributed by atoms with Gasteiger partial charge in [0.1, 0.15) is 34.1 Å². The van der Waals surface area contributed by atoms with Crippen molar-refractivity contribution in [1.82, 2.24) is 9.36 Å². The van der Waals surface area contributed by atoms with Gasteiger partial charge in [0.05, 0.1) is 31.5 Å². The van der Waals surface area contributed by atoms with Gasteiger partial charge >= 0.3 is 6.09 Å². The van der Waals surface area contributed by atoms with Gasteiger partial charge in [-0.05, 0) is 39.0 Å². The lowest BCUT2D eigenvalue weighted by molar-refractivity contribution is 0.0636. The molecule has 14 heteroatoms. The molecule has 0 aliphatic carbocycles. The maximum absolute atomic E-state index is 15.2. The zero-order valence-corrected chi connectivity index (χ0v) is 22.4. The summed E-state index contributed by atoms with van der Waals surface area (Å²) in [5.74, 6) is -0.275. The fraction of sp³-hybridized carbons (Fsp3) is 0.318. The van der Waals surface area contributed by atoms with Crippen LogP contribution in [-0.4, -0.2) is 43.7 Å². The highest BCUT2D eigenvalue weighted by Crippen LogP contribution is 2.35. The van der Waals surface area contributed by atoms with Crippen LogP contribution in [-0.2, 0) is 21.3 Å². The van der Waals surface area contributed by atoms with E-state index >= 15 is 4.39 Å². The molecule has 0 saturated heterocycles. The lowest BCUT2D eigenvalue weighted by atomic mass is 10.2. The summed E-state index contributed by atoms with van der Waals surface area (Å²) < 4.78 is 62.9. The molecule has 1 amide bonds. The van der Waals surface area contributed by atoms with Crippen molar-refractivity contribution in [3.8, 4) is 11.5 Å². The van der Waals surface area contributed by atoms with Crippen molar-refractivity contribution in [2.45, 2.75) is 37.8 Å². The Kier molecular flexibility index (Phi) is 8.26. The molecule has 0 aliphatic heterocycles. The monoisotopic (exact) mass is 558 g/mol. The summed E-state index contributed by atoms with van der Waals surface area (Å²) in [6.45, 7) is 4.72. The molecule has 0 radical (unpaired) electrons. The maximum atomic E-state index is 15.2. The number of nitrogens with zero attached hydrogens (tertiary/aromatic N) is 3. The van der Waals surface area contributed by atoms with Crippen molar-refractivity contribution in [2.75, 3.05) is 23.8 Å². The van der Waals surface area contributed by atoms with E-state index < -0.39 is 32.4 Å². The second kappa shape index (κ2) is 10.8. The van der Waals surface area contributed by atoms with Crippen LogP contribution in [0.2, 0.25) is 5.02 Å². The molecule has 3 rings (SSSR count). The molecule has 36 heavy (non-hydrogen) atoms. The van der Waals surface area contributed by atoms with Gasteiger partial charge in [0.25, 0.3) is 10.0 Å². The molecule has 0 aliphatic rings. The summed E-state index contributed by atoms with van der Waals surface area (Å²) in [5, 5.41) is 2.11. The third-order valence-electron chi connectivity index (χ3n) is 4.60. The van der Waals surface area contributed by atoms with Crippen molar-refractivity contribution in [2.24, 2.45) is 0 Å². The summed E-state index contributed by atoms with van der Waals surface area (Å²) in [7, 11) is -1.62. The molecule has 0 spiro atoms. The summed E-state index contributed by atoms with van der Waals surface area (Å²) >= 11 is 7.03. The highest BCUT2D eigenvalue weighted by atomic mass is 35.5. The van der Waals surface area contributed by atoms with Crippen LogP contribution in [0, 0.1) is 5.82 Å². The van der Waals surface area contributed by atoms with E-state index in [1.807, 2.05) is 0 Å². The molecule has 0 bridgehead atoms. The first-order valence-electron chi connectivity index (χ1n) is 10.3. The summed E-state index contributed by atoms with van der Waals surface area (Å²) in [6.07, 6.45) is 0.312. The number of hydrogen-bond acceptors (Lipinski definition) is 9. The zero-order chi connectivity index (χ0) is 26.7. The highest BCUT2D eigenvalue weighted by Gasteiger charge is 2.32. The number of amides is 1. The number of hydrogen-bond donors (Lipinski definition) is 1. The van der Waals surface area contributed by atoms with Crippen LogP contribution >= 0.6 is 23.1 Å². The topological polar surface area (TPSA) is 120 Å². The normalized spacial score (nSPS) is 11.6. The lowest BCUT2D eigenvalue weighted by Crippen LogP contribution is -2.31. The van der Waals surface area contributed by atoms with Crippen molar-refractivity contribution < 1.29 is 31.8 Å². The minimum Gasteiger partial charge on any atom is -0.497 e. The Balaban J connectivity index is 2.01. The second-order valence-electron chi connectivity index (χ2n) is 8.30. The molecule has 0 atom stereocenters. The second-order valence-corrected chi connectivity index (χ2v) is 11.3. The Morgan fingerprint density at radius 2 is 1.92 bits per heavy atom. The van der Waals surface area contributed by atoms with E-state index in [0.29, 0.717) is 17.1 Å². The van der Waals surface area contributed by atoms with Gasteiger partial charge in [0, 0.05) is 29.2 Å². The maximum Gasteiger partial charge on any atom is 0.412 e. The minimum atomic E-state index is -4.54. The number of anilines is 2. The average Bonchev–Trinajstić information content (AvgIpc) is 3.32. The molecule has 0 saturated carbocycles. The van der Waals surface area contributed by atoms with E-state index in [-0.39, 0.29) is 22.4 Å². The Bertz CT molecular complexity index is 1350. The fourth-order valence-corrected chi connectivity index (χ4v) is 5.50.